The Hall–Kier alpha value is -1.18. The summed E-state index contributed by atoms with van der Waals surface area (Å²) >= 11 is 0. The minimum Gasteiger partial charge on any atom is -0.481 e. The van der Waals surface area contributed by atoms with Crippen LogP contribution in [0.25, 0.3) is 0 Å². The van der Waals surface area contributed by atoms with E-state index >= 15 is 0 Å². The number of carboxylic acids is 1. The van der Waals surface area contributed by atoms with E-state index in [-0.39, 0.29) is 48.5 Å². The number of esters is 1. The van der Waals surface area contributed by atoms with Gasteiger partial charge < -0.3 is 24.4 Å². The Morgan fingerprint density at radius 1 is 0.931 bits per heavy atom. The zero-order valence-electron chi connectivity index (χ0n) is 18.2. The molecule has 2 rings (SSSR count). The highest BCUT2D eigenvalue weighted by Crippen LogP contribution is 2.31. The van der Waals surface area contributed by atoms with E-state index in [0.717, 1.165) is 25.7 Å². The fourth-order valence-electron chi connectivity index (χ4n) is 4.19. The normalized spacial score (nSPS) is 31.2. The molecule has 2 fully saturated rings. The molecule has 0 radical (unpaired) electrons. The van der Waals surface area contributed by atoms with E-state index in [1.165, 1.54) is 0 Å². The third-order valence-electron chi connectivity index (χ3n) is 6.43. The van der Waals surface area contributed by atoms with Gasteiger partial charge in [0.25, 0.3) is 0 Å². The highest BCUT2D eigenvalue weighted by Gasteiger charge is 2.37. The fourth-order valence-corrected chi connectivity index (χ4v) is 4.19. The van der Waals surface area contributed by atoms with Gasteiger partial charge in [-0.1, -0.05) is 13.8 Å². The summed E-state index contributed by atoms with van der Waals surface area (Å²) < 4.78 is 17.6. The molecule has 0 aromatic rings. The molecule has 0 amide bonds. The summed E-state index contributed by atoms with van der Waals surface area (Å²) in [5.41, 5.74) is 0. The molecule has 0 aromatic heterocycles. The third-order valence-corrected chi connectivity index (χ3v) is 6.43. The quantitative estimate of drug-likeness (QED) is 0.500. The molecule has 0 unspecified atom stereocenters. The average molecular weight is 415 g/mol. The van der Waals surface area contributed by atoms with Crippen molar-refractivity contribution in [3.63, 3.8) is 0 Å². The molecule has 2 aliphatic rings. The maximum absolute atomic E-state index is 12.6. The van der Waals surface area contributed by atoms with Gasteiger partial charge in [-0.15, -0.1) is 0 Å². The number of aliphatic carboxylic acids is 1. The number of rotatable bonds is 11. The first-order valence-electron chi connectivity index (χ1n) is 11.2. The van der Waals surface area contributed by atoms with Crippen molar-refractivity contribution < 1.29 is 34.0 Å². The molecule has 2 N–H and O–H groups in total. The van der Waals surface area contributed by atoms with E-state index in [4.69, 9.17) is 19.3 Å². The number of aliphatic hydroxyl groups excluding tert-OH is 1. The monoisotopic (exact) mass is 414 g/mol. The summed E-state index contributed by atoms with van der Waals surface area (Å²) in [7, 11) is 0. The Balaban J connectivity index is 1.78. The second-order valence-electron chi connectivity index (χ2n) is 8.66. The van der Waals surface area contributed by atoms with E-state index in [9.17, 15) is 14.7 Å². The average Bonchev–Trinajstić information content (AvgIpc) is 3.35. The molecule has 0 bridgehead atoms. The largest absolute Gasteiger partial charge is 0.481 e. The molecule has 7 heteroatoms. The van der Waals surface area contributed by atoms with Crippen molar-refractivity contribution in [2.45, 2.75) is 116 Å². The van der Waals surface area contributed by atoms with Crippen LogP contribution in [0.4, 0.5) is 0 Å². The van der Waals surface area contributed by atoms with Crippen LogP contribution in [0.3, 0.4) is 0 Å². The van der Waals surface area contributed by atoms with E-state index in [0.29, 0.717) is 25.7 Å². The summed E-state index contributed by atoms with van der Waals surface area (Å²) in [6.45, 7) is 7.43. The second-order valence-corrected chi connectivity index (χ2v) is 8.66. The van der Waals surface area contributed by atoms with Crippen LogP contribution < -0.4 is 0 Å². The van der Waals surface area contributed by atoms with Crippen LogP contribution in [-0.2, 0) is 23.8 Å². The zero-order chi connectivity index (χ0) is 21.6. The summed E-state index contributed by atoms with van der Waals surface area (Å²) in [6.07, 6.45) is 4.66. The lowest BCUT2D eigenvalue weighted by Crippen LogP contribution is -2.33. The number of carboxylic acid groups (broad SMARTS) is 1. The van der Waals surface area contributed by atoms with E-state index < -0.39 is 11.9 Å². The Bertz CT molecular complexity index is 537. The molecule has 0 aliphatic carbocycles. The van der Waals surface area contributed by atoms with Crippen LogP contribution in [-0.4, -0.2) is 58.8 Å². The van der Waals surface area contributed by atoms with E-state index in [1.807, 2.05) is 20.8 Å². The first-order chi connectivity index (χ1) is 13.7. The fraction of sp³-hybridized carbons (Fsp3) is 0.909. The van der Waals surface area contributed by atoms with Gasteiger partial charge in [-0.3, -0.25) is 9.59 Å². The van der Waals surface area contributed by atoms with Crippen molar-refractivity contribution in [2.75, 3.05) is 0 Å². The predicted molar refractivity (Wildman–Crippen MR) is 107 cm³/mol. The van der Waals surface area contributed by atoms with Crippen molar-refractivity contribution in [2.24, 2.45) is 11.8 Å². The Morgan fingerprint density at radius 3 is 2.00 bits per heavy atom. The molecule has 29 heavy (non-hydrogen) atoms. The number of carbonyl (C=O) groups excluding carboxylic acids is 1. The van der Waals surface area contributed by atoms with Crippen LogP contribution >= 0.6 is 0 Å². The van der Waals surface area contributed by atoms with Crippen molar-refractivity contribution in [1.29, 1.82) is 0 Å². The summed E-state index contributed by atoms with van der Waals surface area (Å²) in [4.78, 5) is 23.8. The van der Waals surface area contributed by atoms with E-state index in [2.05, 4.69) is 0 Å². The highest BCUT2D eigenvalue weighted by molar-refractivity contribution is 5.73. The van der Waals surface area contributed by atoms with Gasteiger partial charge in [0, 0.05) is 6.42 Å². The molecule has 2 aliphatic heterocycles. The standard InChI is InChI=1S/C22H38O7/c1-5-15(23)11-17-7-10-20(27-17)14(4)22(26)29-16(6-2)12-18-8-9-19(28-18)13(3)21(24)25/h13-20,23H,5-12H2,1-4H3,(H,24,25)/t13-,14-,15+,16+,17+,18+,19+,20+/m1/s1. The molecule has 7 nitrogen and oxygen atoms in total. The Morgan fingerprint density at radius 2 is 1.48 bits per heavy atom. The predicted octanol–water partition coefficient (Wildman–Crippen LogP) is 3.31. The summed E-state index contributed by atoms with van der Waals surface area (Å²) in [5, 5.41) is 19.0. The number of carbonyl (C=O) groups is 2. The Labute approximate surface area is 174 Å². The van der Waals surface area contributed by atoms with Crippen LogP contribution in [0.1, 0.15) is 79.1 Å². The lowest BCUT2D eigenvalue weighted by molar-refractivity contribution is -0.160. The second kappa shape index (κ2) is 11.3. The third kappa shape index (κ3) is 6.93. The number of hydrogen-bond acceptors (Lipinski definition) is 6. The molecular weight excluding hydrogens is 376 g/mol. The lowest BCUT2D eigenvalue weighted by atomic mass is 10.00. The topological polar surface area (TPSA) is 102 Å². The SMILES string of the molecule is CC[C@H](O)C[C@@H]1CC[C@@H]([C@@H](C)C(=O)O[C@@H](CC)C[C@@H]2CC[C@@H]([C@@H](C)C(=O)O)O2)O1. The number of aliphatic hydroxyl groups is 1. The first kappa shape index (κ1) is 24.1. The maximum Gasteiger partial charge on any atom is 0.311 e. The maximum atomic E-state index is 12.6. The van der Waals surface area contributed by atoms with Crippen molar-refractivity contribution in [1.82, 2.24) is 0 Å². The minimum absolute atomic E-state index is 0.00668. The zero-order valence-corrected chi connectivity index (χ0v) is 18.2. The first-order valence-corrected chi connectivity index (χ1v) is 11.2. The molecule has 2 heterocycles. The molecule has 168 valence electrons. The lowest BCUT2D eigenvalue weighted by Gasteiger charge is -2.25. The van der Waals surface area contributed by atoms with Gasteiger partial charge in [0.05, 0.1) is 42.4 Å². The molecule has 0 saturated carbocycles. The van der Waals surface area contributed by atoms with Gasteiger partial charge in [-0.2, -0.15) is 0 Å². The van der Waals surface area contributed by atoms with Gasteiger partial charge in [0.15, 0.2) is 0 Å². The minimum atomic E-state index is -0.843. The van der Waals surface area contributed by atoms with Crippen LogP contribution in [0.5, 0.6) is 0 Å². The van der Waals surface area contributed by atoms with Crippen molar-refractivity contribution >= 4 is 11.9 Å². The van der Waals surface area contributed by atoms with Crippen LogP contribution in [0.15, 0.2) is 0 Å². The van der Waals surface area contributed by atoms with Crippen molar-refractivity contribution in [3.8, 4) is 0 Å². The van der Waals surface area contributed by atoms with Crippen LogP contribution in [0.2, 0.25) is 0 Å². The highest BCUT2D eigenvalue weighted by atomic mass is 16.6. The van der Waals surface area contributed by atoms with Gasteiger partial charge in [-0.05, 0) is 58.8 Å². The van der Waals surface area contributed by atoms with E-state index in [1.54, 1.807) is 6.92 Å². The van der Waals surface area contributed by atoms with Gasteiger partial charge in [0.1, 0.15) is 6.10 Å². The molecule has 8 atom stereocenters. The molecule has 0 aromatic carbocycles. The number of ether oxygens (including phenoxy) is 3. The summed E-state index contributed by atoms with van der Waals surface area (Å²) in [5.74, 6) is -1.98. The smallest absolute Gasteiger partial charge is 0.311 e. The Kier molecular flexibility index (Phi) is 9.37. The van der Waals surface area contributed by atoms with Gasteiger partial charge in [-0.25, -0.2) is 0 Å². The molecule has 2 saturated heterocycles. The van der Waals surface area contributed by atoms with Crippen LogP contribution in [0, 0.1) is 11.8 Å². The van der Waals surface area contributed by atoms with Gasteiger partial charge in [0.2, 0.25) is 0 Å². The van der Waals surface area contributed by atoms with Gasteiger partial charge >= 0.3 is 11.9 Å². The molecule has 0 spiro atoms. The number of hydrogen-bond donors (Lipinski definition) is 2. The summed E-state index contributed by atoms with van der Waals surface area (Å²) in [6, 6.07) is 0. The molecular formula is C22H38O7. The van der Waals surface area contributed by atoms with Crippen molar-refractivity contribution in [3.05, 3.63) is 0 Å².